The summed E-state index contributed by atoms with van der Waals surface area (Å²) in [5.74, 6) is 0.735. The number of nitrogens with zero attached hydrogens (tertiary/aromatic N) is 2. The summed E-state index contributed by atoms with van der Waals surface area (Å²) in [4.78, 5) is 17.0. The van der Waals surface area contributed by atoms with Crippen molar-refractivity contribution in [3.63, 3.8) is 0 Å². The molecule has 4 rings (SSSR count). The lowest BCUT2D eigenvalue weighted by Gasteiger charge is -2.36. The van der Waals surface area contributed by atoms with Crippen LogP contribution in [-0.4, -0.2) is 52.5 Å². The topological polar surface area (TPSA) is 79.0 Å². The van der Waals surface area contributed by atoms with Crippen LogP contribution >= 0.6 is 0 Å². The van der Waals surface area contributed by atoms with Crippen LogP contribution < -0.4 is 14.4 Å². The van der Waals surface area contributed by atoms with Crippen molar-refractivity contribution in [2.45, 2.75) is 11.8 Å². The first-order valence-electron chi connectivity index (χ1n) is 10.7. The van der Waals surface area contributed by atoms with Crippen LogP contribution in [0.4, 0.5) is 11.4 Å². The molecule has 8 heteroatoms. The van der Waals surface area contributed by atoms with Crippen molar-refractivity contribution in [1.82, 2.24) is 4.90 Å². The van der Waals surface area contributed by atoms with Crippen LogP contribution in [0.2, 0.25) is 0 Å². The van der Waals surface area contributed by atoms with E-state index in [1.165, 1.54) is 0 Å². The summed E-state index contributed by atoms with van der Waals surface area (Å²) < 4.78 is 32.9. The Kier molecular flexibility index (Phi) is 6.55. The van der Waals surface area contributed by atoms with E-state index < -0.39 is 10.0 Å². The van der Waals surface area contributed by atoms with Gasteiger partial charge < -0.3 is 14.5 Å². The lowest BCUT2D eigenvalue weighted by atomic mass is 10.1. The number of hydrogen-bond acceptors (Lipinski definition) is 5. The third kappa shape index (κ3) is 5.28. The first-order valence-corrected chi connectivity index (χ1v) is 12.2. The van der Waals surface area contributed by atoms with E-state index in [-0.39, 0.29) is 10.8 Å². The second-order valence-electron chi connectivity index (χ2n) is 7.97. The van der Waals surface area contributed by atoms with Crippen molar-refractivity contribution in [1.29, 1.82) is 0 Å². The highest BCUT2D eigenvalue weighted by Crippen LogP contribution is 2.23. The van der Waals surface area contributed by atoms with Crippen LogP contribution in [0.15, 0.2) is 77.7 Å². The van der Waals surface area contributed by atoms with Crippen LogP contribution in [-0.2, 0) is 10.0 Å². The molecule has 1 saturated heterocycles. The number of hydrogen-bond donors (Lipinski definition) is 1. The number of amides is 1. The Morgan fingerprint density at radius 2 is 1.45 bits per heavy atom. The Bertz CT molecular complexity index is 1200. The number of nitrogens with one attached hydrogen (secondary N) is 1. The van der Waals surface area contributed by atoms with E-state index in [1.807, 2.05) is 24.0 Å². The van der Waals surface area contributed by atoms with E-state index in [2.05, 4.69) is 9.62 Å². The van der Waals surface area contributed by atoms with Gasteiger partial charge >= 0.3 is 0 Å². The van der Waals surface area contributed by atoms with E-state index in [9.17, 15) is 13.2 Å². The van der Waals surface area contributed by atoms with Gasteiger partial charge in [0.1, 0.15) is 5.75 Å². The molecule has 172 valence electrons. The van der Waals surface area contributed by atoms with Gasteiger partial charge in [0.25, 0.3) is 15.9 Å². The third-order valence-electron chi connectivity index (χ3n) is 5.72. The minimum absolute atomic E-state index is 0.0122. The van der Waals surface area contributed by atoms with Gasteiger partial charge in [-0.05, 0) is 67.6 Å². The zero-order valence-corrected chi connectivity index (χ0v) is 19.5. The molecule has 0 spiro atoms. The number of piperazine rings is 1. The maximum atomic E-state index is 12.8. The predicted molar refractivity (Wildman–Crippen MR) is 130 cm³/mol. The Morgan fingerprint density at radius 1 is 0.848 bits per heavy atom. The van der Waals surface area contributed by atoms with E-state index in [1.54, 1.807) is 67.8 Å². The zero-order valence-electron chi connectivity index (χ0n) is 18.7. The molecule has 0 aromatic heterocycles. The van der Waals surface area contributed by atoms with Crippen LogP contribution in [0.1, 0.15) is 15.9 Å². The van der Waals surface area contributed by atoms with Gasteiger partial charge in [0.2, 0.25) is 0 Å². The normalized spacial score (nSPS) is 14.1. The minimum Gasteiger partial charge on any atom is -0.497 e. The largest absolute Gasteiger partial charge is 0.497 e. The van der Waals surface area contributed by atoms with Gasteiger partial charge in [0, 0.05) is 43.1 Å². The molecular formula is C25H27N3O4S. The van der Waals surface area contributed by atoms with Crippen LogP contribution in [0.5, 0.6) is 5.75 Å². The molecule has 1 aliphatic rings. The van der Waals surface area contributed by atoms with Crippen molar-refractivity contribution >= 4 is 27.3 Å². The number of aryl methyl sites for hydroxylation is 1. The van der Waals surface area contributed by atoms with Gasteiger partial charge in [-0.15, -0.1) is 0 Å². The highest BCUT2D eigenvalue weighted by molar-refractivity contribution is 7.92. The third-order valence-corrected chi connectivity index (χ3v) is 7.12. The molecule has 33 heavy (non-hydrogen) atoms. The summed E-state index contributed by atoms with van der Waals surface area (Å²) in [5, 5.41) is 0. The summed E-state index contributed by atoms with van der Waals surface area (Å²) in [6.45, 7) is 4.56. The molecule has 0 bridgehead atoms. The van der Waals surface area contributed by atoms with Crippen LogP contribution in [0.3, 0.4) is 0 Å². The molecule has 3 aromatic carbocycles. The van der Waals surface area contributed by atoms with Gasteiger partial charge in [-0.25, -0.2) is 8.42 Å². The standard InChI is InChI=1S/C25H27N3O4S/c1-19-3-13-24(14-4-19)33(30,31)26-21-7-9-22(10-8-21)27-15-17-28(18-16-27)25(29)20-5-11-23(32-2)12-6-20/h3-14,26H,15-18H2,1-2H3. The number of benzene rings is 3. The number of carbonyl (C=O) groups excluding carboxylic acids is 1. The molecule has 1 N–H and O–H groups in total. The smallest absolute Gasteiger partial charge is 0.261 e. The molecule has 1 amide bonds. The first-order chi connectivity index (χ1) is 15.9. The second-order valence-corrected chi connectivity index (χ2v) is 9.66. The first kappa shape index (κ1) is 22.7. The zero-order chi connectivity index (χ0) is 23.4. The van der Waals surface area contributed by atoms with E-state index in [0.717, 1.165) is 17.0 Å². The van der Waals surface area contributed by atoms with Crippen molar-refractivity contribution in [3.8, 4) is 5.75 Å². The van der Waals surface area contributed by atoms with Gasteiger partial charge in [-0.3, -0.25) is 9.52 Å². The maximum Gasteiger partial charge on any atom is 0.261 e. The molecule has 0 saturated carbocycles. The van der Waals surface area contributed by atoms with Crippen molar-refractivity contribution in [3.05, 3.63) is 83.9 Å². The number of ether oxygens (including phenoxy) is 1. The molecule has 1 fully saturated rings. The van der Waals surface area contributed by atoms with Gasteiger partial charge in [-0.1, -0.05) is 17.7 Å². The van der Waals surface area contributed by atoms with Crippen molar-refractivity contribution < 1.29 is 17.9 Å². The number of rotatable bonds is 6. The summed E-state index contributed by atoms with van der Waals surface area (Å²) in [6, 6.07) is 21.2. The van der Waals surface area contributed by atoms with Crippen molar-refractivity contribution in [2.75, 3.05) is 42.9 Å². The highest BCUT2D eigenvalue weighted by Gasteiger charge is 2.22. The summed E-state index contributed by atoms with van der Waals surface area (Å²) in [7, 11) is -2.03. The quantitative estimate of drug-likeness (QED) is 0.600. The Morgan fingerprint density at radius 3 is 2.03 bits per heavy atom. The maximum absolute atomic E-state index is 12.8. The number of sulfonamides is 1. The fraction of sp³-hybridized carbons (Fsp3) is 0.240. The fourth-order valence-corrected chi connectivity index (χ4v) is 4.81. The predicted octanol–water partition coefficient (Wildman–Crippen LogP) is 3.77. The van der Waals surface area contributed by atoms with Gasteiger partial charge in [0.05, 0.1) is 12.0 Å². The van der Waals surface area contributed by atoms with Crippen molar-refractivity contribution in [2.24, 2.45) is 0 Å². The highest BCUT2D eigenvalue weighted by atomic mass is 32.2. The molecule has 1 aliphatic heterocycles. The van der Waals surface area contributed by atoms with Crippen LogP contribution in [0.25, 0.3) is 0 Å². The Balaban J connectivity index is 1.35. The van der Waals surface area contributed by atoms with Crippen LogP contribution in [0, 0.1) is 6.92 Å². The lowest BCUT2D eigenvalue weighted by molar-refractivity contribution is 0.0746. The molecule has 7 nitrogen and oxygen atoms in total. The second kappa shape index (κ2) is 9.54. The molecule has 0 atom stereocenters. The molecule has 1 heterocycles. The average molecular weight is 466 g/mol. The van der Waals surface area contributed by atoms with E-state index in [4.69, 9.17) is 4.74 Å². The average Bonchev–Trinajstić information content (AvgIpc) is 2.84. The summed E-state index contributed by atoms with van der Waals surface area (Å²) in [5.41, 5.74) is 3.15. The molecule has 0 aliphatic carbocycles. The Hall–Kier alpha value is -3.52. The monoisotopic (exact) mass is 465 g/mol. The number of methoxy groups -OCH3 is 1. The molecular weight excluding hydrogens is 438 g/mol. The summed E-state index contributed by atoms with van der Waals surface area (Å²) >= 11 is 0. The molecule has 0 unspecified atom stereocenters. The minimum atomic E-state index is -3.63. The van der Waals surface area contributed by atoms with Gasteiger partial charge in [0.15, 0.2) is 0 Å². The van der Waals surface area contributed by atoms with Gasteiger partial charge in [-0.2, -0.15) is 0 Å². The fourth-order valence-electron chi connectivity index (χ4n) is 3.76. The molecule has 0 radical (unpaired) electrons. The Labute approximate surface area is 194 Å². The molecule has 3 aromatic rings. The SMILES string of the molecule is COc1ccc(C(=O)N2CCN(c3ccc(NS(=O)(=O)c4ccc(C)cc4)cc3)CC2)cc1. The summed E-state index contributed by atoms with van der Waals surface area (Å²) in [6.07, 6.45) is 0. The van der Waals surface area contributed by atoms with E-state index in [0.29, 0.717) is 37.4 Å². The van der Waals surface area contributed by atoms with E-state index >= 15 is 0 Å². The number of carbonyl (C=O) groups is 1. The lowest BCUT2D eigenvalue weighted by Crippen LogP contribution is -2.48. The number of anilines is 2.